The van der Waals surface area contributed by atoms with Gasteiger partial charge in [-0.05, 0) is 50.8 Å². The van der Waals surface area contributed by atoms with Crippen molar-refractivity contribution in [2.45, 2.75) is 59.1 Å². The molecule has 0 aliphatic rings. The lowest BCUT2D eigenvalue weighted by molar-refractivity contribution is 0.0994. The summed E-state index contributed by atoms with van der Waals surface area (Å²) < 4.78 is 5.82. The summed E-state index contributed by atoms with van der Waals surface area (Å²) in [5.41, 5.74) is 2.37. The molecule has 1 atom stereocenters. The quantitative estimate of drug-likeness (QED) is 0.840. The van der Waals surface area contributed by atoms with Crippen LogP contribution in [-0.2, 0) is 0 Å². The Morgan fingerprint density at radius 2 is 1.90 bits per heavy atom. The maximum absolute atomic E-state index is 9.99. The first kappa shape index (κ1) is 17.0. The molecule has 0 aromatic heterocycles. The van der Waals surface area contributed by atoms with Crippen molar-refractivity contribution in [3.05, 3.63) is 29.3 Å². The molecule has 1 aromatic carbocycles. The summed E-state index contributed by atoms with van der Waals surface area (Å²) in [5, 5.41) is 13.3. The Balaban J connectivity index is 2.58. The van der Waals surface area contributed by atoms with E-state index in [2.05, 4.69) is 59.0 Å². The first-order valence-electron chi connectivity index (χ1n) is 7.35. The summed E-state index contributed by atoms with van der Waals surface area (Å²) in [6.45, 7) is 13.4. The number of hydrogen-bond acceptors (Lipinski definition) is 3. The van der Waals surface area contributed by atoms with Gasteiger partial charge in [0.15, 0.2) is 0 Å². The van der Waals surface area contributed by atoms with E-state index < -0.39 is 6.10 Å². The van der Waals surface area contributed by atoms with Gasteiger partial charge in [-0.2, -0.15) is 0 Å². The van der Waals surface area contributed by atoms with Gasteiger partial charge in [-0.1, -0.05) is 26.0 Å². The van der Waals surface area contributed by atoms with Crippen molar-refractivity contribution in [3.63, 3.8) is 0 Å². The molecule has 3 heteroatoms. The van der Waals surface area contributed by atoms with Gasteiger partial charge in [0, 0.05) is 12.1 Å². The van der Waals surface area contributed by atoms with Crippen molar-refractivity contribution >= 4 is 0 Å². The van der Waals surface area contributed by atoms with Gasteiger partial charge in [0.1, 0.15) is 18.5 Å². The number of nitrogens with one attached hydrogen (secondary N) is 1. The third-order valence-electron chi connectivity index (χ3n) is 3.09. The third-order valence-corrected chi connectivity index (χ3v) is 3.09. The fourth-order valence-corrected chi connectivity index (χ4v) is 1.91. The molecular formula is C17H29NO2. The maximum Gasteiger partial charge on any atom is 0.123 e. The Labute approximate surface area is 123 Å². The summed E-state index contributed by atoms with van der Waals surface area (Å²) in [6.07, 6.45) is -0.505. The molecule has 1 unspecified atom stereocenters. The van der Waals surface area contributed by atoms with Crippen molar-refractivity contribution in [1.29, 1.82) is 0 Å². The largest absolute Gasteiger partial charge is 0.491 e. The summed E-state index contributed by atoms with van der Waals surface area (Å²) in [4.78, 5) is 0. The zero-order valence-electron chi connectivity index (χ0n) is 13.7. The third kappa shape index (κ3) is 5.93. The SMILES string of the molecule is Cc1ccc(C(C)C)c(OCC(O)CNC(C)(C)C)c1. The number of aliphatic hydroxyl groups excluding tert-OH is 1. The van der Waals surface area contributed by atoms with Gasteiger partial charge in [-0.25, -0.2) is 0 Å². The fraction of sp³-hybridized carbons (Fsp3) is 0.647. The molecule has 2 N–H and O–H groups in total. The monoisotopic (exact) mass is 279 g/mol. The minimum Gasteiger partial charge on any atom is -0.491 e. The summed E-state index contributed by atoms with van der Waals surface area (Å²) in [7, 11) is 0. The van der Waals surface area contributed by atoms with Crippen LogP contribution in [0.5, 0.6) is 5.75 Å². The number of β-amino-alcohol motifs (C(OH)–C–C–N with tert-alkyl or cyclic N) is 1. The molecule has 0 spiro atoms. The molecule has 20 heavy (non-hydrogen) atoms. The molecule has 1 rings (SSSR count). The molecule has 3 nitrogen and oxygen atoms in total. The lowest BCUT2D eigenvalue weighted by Crippen LogP contribution is -2.42. The second-order valence-electron chi connectivity index (χ2n) is 6.79. The zero-order valence-corrected chi connectivity index (χ0v) is 13.7. The Hall–Kier alpha value is -1.06. The first-order valence-corrected chi connectivity index (χ1v) is 7.35. The molecule has 0 heterocycles. The highest BCUT2D eigenvalue weighted by Gasteiger charge is 2.14. The van der Waals surface area contributed by atoms with Crippen LogP contribution in [0.1, 0.15) is 51.7 Å². The molecule has 0 aliphatic carbocycles. The lowest BCUT2D eigenvalue weighted by Gasteiger charge is -2.23. The van der Waals surface area contributed by atoms with Crippen LogP contribution in [0.25, 0.3) is 0 Å². The molecule has 0 saturated heterocycles. The minimum absolute atomic E-state index is 0.00735. The predicted molar refractivity (Wildman–Crippen MR) is 84.5 cm³/mol. The molecule has 0 aliphatic heterocycles. The number of aryl methyl sites for hydroxylation is 1. The summed E-state index contributed by atoms with van der Waals surface area (Å²) in [6, 6.07) is 6.24. The average Bonchev–Trinajstić information content (AvgIpc) is 2.32. The van der Waals surface area contributed by atoms with Crippen LogP contribution in [-0.4, -0.2) is 29.9 Å². The Morgan fingerprint density at radius 1 is 1.25 bits per heavy atom. The second-order valence-corrected chi connectivity index (χ2v) is 6.79. The lowest BCUT2D eigenvalue weighted by atomic mass is 10.0. The Kier molecular flexibility index (Phi) is 6.03. The standard InChI is InChI=1S/C17H29NO2/c1-12(2)15-8-7-13(3)9-16(15)20-11-14(19)10-18-17(4,5)6/h7-9,12,14,18-19H,10-11H2,1-6H3. The van der Waals surface area contributed by atoms with Crippen molar-refractivity contribution in [3.8, 4) is 5.75 Å². The van der Waals surface area contributed by atoms with Gasteiger partial charge in [0.25, 0.3) is 0 Å². The van der Waals surface area contributed by atoms with Crippen molar-refractivity contribution < 1.29 is 9.84 Å². The van der Waals surface area contributed by atoms with Crippen LogP contribution in [0.2, 0.25) is 0 Å². The van der Waals surface area contributed by atoms with Crippen molar-refractivity contribution in [2.24, 2.45) is 0 Å². The fourth-order valence-electron chi connectivity index (χ4n) is 1.91. The maximum atomic E-state index is 9.99. The summed E-state index contributed by atoms with van der Waals surface area (Å²) in [5.74, 6) is 1.30. The highest BCUT2D eigenvalue weighted by Crippen LogP contribution is 2.27. The Bertz CT molecular complexity index is 421. The highest BCUT2D eigenvalue weighted by atomic mass is 16.5. The van der Waals surface area contributed by atoms with Crippen molar-refractivity contribution in [1.82, 2.24) is 5.32 Å². The molecule has 0 saturated carbocycles. The van der Waals surface area contributed by atoms with Crippen LogP contribution in [0.4, 0.5) is 0 Å². The van der Waals surface area contributed by atoms with E-state index in [4.69, 9.17) is 4.74 Å². The molecule has 0 fully saturated rings. The van der Waals surface area contributed by atoms with E-state index in [0.717, 1.165) is 5.75 Å². The second kappa shape index (κ2) is 7.09. The molecule has 1 aromatic rings. The highest BCUT2D eigenvalue weighted by molar-refractivity contribution is 5.39. The number of aliphatic hydroxyl groups is 1. The van der Waals surface area contributed by atoms with E-state index in [9.17, 15) is 5.11 Å². The van der Waals surface area contributed by atoms with Gasteiger partial charge in [0.2, 0.25) is 0 Å². The van der Waals surface area contributed by atoms with Crippen LogP contribution < -0.4 is 10.1 Å². The topological polar surface area (TPSA) is 41.5 Å². The molecule has 114 valence electrons. The van der Waals surface area contributed by atoms with Gasteiger partial charge >= 0.3 is 0 Å². The van der Waals surface area contributed by atoms with Crippen LogP contribution in [0, 0.1) is 6.92 Å². The smallest absolute Gasteiger partial charge is 0.123 e. The van der Waals surface area contributed by atoms with Crippen LogP contribution >= 0.6 is 0 Å². The molecule has 0 radical (unpaired) electrons. The zero-order chi connectivity index (χ0) is 15.3. The summed E-state index contributed by atoms with van der Waals surface area (Å²) >= 11 is 0. The van der Waals surface area contributed by atoms with Gasteiger partial charge in [-0.3, -0.25) is 0 Å². The van der Waals surface area contributed by atoms with Crippen molar-refractivity contribution in [2.75, 3.05) is 13.2 Å². The first-order chi connectivity index (χ1) is 9.19. The molecule has 0 amide bonds. The van der Waals surface area contributed by atoms with E-state index >= 15 is 0 Å². The van der Waals surface area contributed by atoms with Crippen LogP contribution in [0.3, 0.4) is 0 Å². The molecular weight excluding hydrogens is 250 g/mol. The Morgan fingerprint density at radius 3 is 2.45 bits per heavy atom. The average molecular weight is 279 g/mol. The van der Waals surface area contributed by atoms with Gasteiger partial charge in [0.05, 0.1) is 0 Å². The van der Waals surface area contributed by atoms with Gasteiger partial charge < -0.3 is 15.2 Å². The number of rotatable bonds is 6. The van der Waals surface area contributed by atoms with Crippen LogP contribution in [0.15, 0.2) is 18.2 Å². The van der Waals surface area contributed by atoms with Gasteiger partial charge in [-0.15, -0.1) is 0 Å². The van der Waals surface area contributed by atoms with E-state index in [1.165, 1.54) is 11.1 Å². The van der Waals surface area contributed by atoms with E-state index in [0.29, 0.717) is 19.1 Å². The van der Waals surface area contributed by atoms with E-state index in [-0.39, 0.29) is 5.54 Å². The number of hydrogen-bond donors (Lipinski definition) is 2. The number of benzene rings is 1. The normalized spacial score (nSPS) is 13.6. The van der Waals surface area contributed by atoms with E-state index in [1.807, 2.05) is 6.07 Å². The molecule has 0 bridgehead atoms. The number of ether oxygens (including phenoxy) is 1. The minimum atomic E-state index is -0.505. The predicted octanol–water partition coefficient (Wildman–Crippen LogP) is 3.25. The van der Waals surface area contributed by atoms with E-state index in [1.54, 1.807) is 0 Å².